The van der Waals surface area contributed by atoms with Gasteiger partial charge in [-0.15, -0.1) is 0 Å². The first-order chi connectivity index (χ1) is 9.61. The first-order valence-corrected chi connectivity index (χ1v) is 6.89. The van der Waals surface area contributed by atoms with E-state index >= 15 is 0 Å². The Balaban J connectivity index is 2.35. The summed E-state index contributed by atoms with van der Waals surface area (Å²) in [6.07, 6.45) is 0. The van der Waals surface area contributed by atoms with Crippen LogP contribution < -0.4 is 5.73 Å². The second kappa shape index (κ2) is 4.76. The molecule has 102 valence electrons. The Bertz CT molecular complexity index is 733. The molecule has 0 aliphatic carbocycles. The van der Waals surface area contributed by atoms with E-state index in [4.69, 9.17) is 5.73 Å². The normalized spacial score (nSPS) is 13.2. The highest BCUT2D eigenvalue weighted by atomic mass is 16.2. The number of nitrogens with zero attached hydrogens (tertiary/aromatic N) is 1. The Kier molecular flexibility index (Phi) is 3.07. The maximum atomic E-state index is 12.7. The van der Waals surface area contributed by atoms with E-state index in [1.54, 1.807) is 4.57 Å². The molecule has 0 aliphatic heterocycles. The zero-order valence-electron chi connectivity index (χ0n) is 11.7. The lowest BCUT2D eigenvalue weighted by Gasteiger charge is -2.16. The van der Waals surface area contributed by atoms with Gasteiger partial charge < -0.3 is 5.73 Å². The molecule has 3 nitrogen and oxygen atoms in total. The van der Waals surface area contributed by atoms with Crippen LogP contribution in [0, 0.1) is 5.92 Å². The van der Waals surface area contributed by atoms with Crippen LogP contribution in [-0.4, -0.2) is 16.5 Å². The number of carbonyl (C=O) groups excluding carboxylic acids is 1. The van der Waals surface area contributed by atoms with Crippen molar-refractivity contribution in [2.45, 2.75) is 19.9 Å². The third-order valence-corrected chi connectivity index (χ3v) is 3.80. The van der Waals surface area contributed by atoms with Crippen LogP contribution in [0.5, 0.6) is 0 Å². The van der Waals surface area contributed by atoms with Crippen LogP contribution in [0.25, 0.3) is 21.8 Å². The molecular formula is C17H18N2O. The minimum absolute atomic E-state index is 0.0441. The summed E-state index contributed by atoms with van der Waals surface area (Å²) in [6.45, 7) is 3.94. The molecule has 1 heterocycles. The van der Waals surface area contributed by atoms with Crippen molar-refractivity contribution in [2.75, 3.05) is 0 Å². The number of hydrogen-bond acceptors (Lipinski definition) is 2. The molecule has 1 atom stereocenters. The van der Waals surface area contributed by atoms with Crippen molar-refractivity contribution < 1.29 is 4.79 Å². The van der Waals surface area contributed by atoms with Crippen molar-refractivity contribution in [1.29, 1.82) is 0 Å². The van der Waals surface area contributed by atoms with E-state index in [-0.39, 0.29) is 11.8 Å². The molecule has 1 aromatic heterocycles. The lowest BCUT2D eigenvalue weighted by atomic mass is 10.0. The maximum absolute atomic E-state index is 12.7. The van der Waals surface area contributed by atoms with Gasteiger partial charge in [-0.25, -0.2) is 0 Å². The predicted molar refractivity (Wildman–Crippen MR) is 82.9 cm³/mol. The van der Waals surface area contributed by atoms with Crippen molar-refractivity contribution in [3.8, 4) is 0 Å². The molecule has 0 saturated heterocycles. The highest BCUT2D eigenvalue weighted by molar-refractivity contribution is 6.13. The summed E-state index contributed by atoms with van der Waals surface area (Å²) in [6, 6.07) is 15.4. The van der Waals surface area contributed by atoms with E-state index in [9.17, 15) is 4.79 Å². The summed E-state index contributed by atoms with van der Waals surface area (Å²) >= 11 is 0. The van der Waals surface area contributed by atoms with Crippen LogP contribution >= 0.6 is 0 Å². The van der Waals surface area contributed by atoms with Crippen molar-refractivity contribution in [1.82, 2.24) is 4.57 Å². The SMILES string of the molecule is CC(C)[C@H](N)C(=O)n1c2ccccc2c2ccccc21. The maximum Gasteiger partial charge on any atom is 0.248 e. The Morgan fingerprint density at radius 2 is 1.40 bits per heavy atom. The second-order valence-corrected chi connectivity index (χ2v) is 5.48. The van der Waals surface area contributed by atoms with Crippen LogP contribution in [0.3, 0.4) is 0 Å². The van der Waals surface area contributed by atoms with Gasteiger partial charge in [-0.1, -0.05) is 50.2 Å². The summed E-state index contributed by atoms with van der Waals surface area (Å²) < 4.78 is 1.76. The summed E-state index contributed by atoms with van der Waals surface area (Å²) in [4.78, 5) is 12.7. The van der Waals surface area contributed by atoms with Gasteiger partial charge >= 0.3 is 0 Å². The largest absolute Gasteiger partial charge is 0.320 e. The zero-order chi connectivity index (χ0) is 14.3. The van der Waals surface area contributed by atoms with Crippen LogP contribution in [0.15, 0.2) is 48.5 Å². The molecule has 0 aliphatic rings. The van der Waals surface area contributed by atoms with E-state index in [1.165, 1.54) is 0 Å². The molecule has 0 fully saturated rings. The van der Waals surface area contributed by atoms with Crippen molar-refractivity contribution in [3.05, 3.63) is 48.5 Å². The summed E-state index contributed by atoms with van der Waals surface area (Å²) in [5.41, 5.74) is 7.91. The molecule has 0 radical (unpaired) electrons. The third-order valence-electron chi connectivity index (χ3n) is 3.80. The smallest absolute Gasteiger partial charge is 0.248 e. The van der Waals surface area contributed by atoms with Crippen LogP contribution in [0.1, 0.15) is 18.6 Å². The minimum atomic E-state index is -0.491. The monoisotopic (exact) mass is 266 g/mol. The average molecular weight is 266 g/mol. The lowest BCUT2D eigenvalue weighted by Crippen LogP contribution is -2.38. The van der Waals surface area contributed by atoms with E-state index in [0.717, 1.165) is 21.8 Å². The molecule has 0 bridgehead atoms. The number of para-hydroxylation sites is 2. The molecular weight excluding hydrogens is 248 g/mol. The molecule has 20 heavy (non-hydrogen) atoms. The molecule has 0 amide bonds. The Morgan fingerprint density at radius 1 is 0.950 bits per heavy atom. The number of aromatic nitrogens is 1. The van der Waals surface area contributed by atoms with Gasteiger partial charge in [0.1, 0.15) is 0 Å². The summed E-state index contributed by atoms with van der Waals surface area (Å²) in [5, 5.41) is 2.18. The van der Waals surface area contributed by atoms with E-state index < -0.39 is 6.04 Å². The fraction of sp³-hybridized carbons (Fsp3) is 0.235. The fourth-order valence-corrected chi connectivity index (χ4v) is 2.59. The van der Waals surface area contributed by atoms with Gasteiger partial charge in [0.25, 0.3) is 0 Å². The Hall–Kier alpha value is -2.13. The number of benzene rings is 2. The van der Waals surface area contributed by atoms with Crippen LogP contribution in [-0.2, 0) is 0 Å². The number of hydrogen-bond donors (Lipinski definition) is 1. The quantitative estimate of drug-likeness (QED) is 0.772. The van der Waals surface area contributed by atoms with Crippen molar-refractivity contribution >= 4 is 27.7 Å². The standard InChI is InChI=1S/C17H18N2O/c1-11(2)16(18)17(20)19-14-9-5-3-7-12(14)13-8-4-6-10-15(13)19/h3-11,16H,18H2,1-2H3/t16-/m0/s1. The number of rotatable bonds is 2. The highest BCUT2D eigenvalue weighted by Crippen LogP contribution is 2.29. The summed E-state index contributed by atoms with van der Waals surface area (Å²) in [5.74, 6) is 0.0693. The number of nitrogens with two attached hydrogens (primary N) is 1. The highest BCUT2D eigenvalue weighted by Gasteiger charge is 2.22. The van der Waals surface area contributed by atoms with E-state index in [1.807, 2.05) is 62.4 Å². The molecule has 3 aromatic rings. The first-order valence-electron chi connectivity index (χ1n) is 6.89. The van der Waals surface area contributed by atoms with E-state index in [2.05, 4.69) is 0 Å². The van der Waals surface area contributed by atoms with Gasteiger partial charge in [-0.3, -0.25) is 9.36 Å². The molecule has 3 rings (SSSR count). The van der Waals surface area contributed by atoms with Gasteiger partial charge in [-0.2, -0.15) is 0 Å². The first kappa shape index (κ1) is 12.9. The molecule has 0 spiro atoms. The molecule has 2 aromatic carbocycles. The lowest BCUT2D eigenvalue weighted by molar-refractivity contribution is 0.0867. The number of carbonyl (C=O) groups is 1. The zero-order valence-corrected chi connectivity index (χ0v) is 11.7. The molecule has 0 saturated carbocycles. The molecule has 0 unspecified atom stereocenters. The molecule has 3 heteroatoms. The third kappa shape index (κ3) is 1.82. The average Bonchev–Trinajstić information content (AvgIpc) is 2.80. The molecule has 2 N–H and O–H groups in total. The van der Waals surface area contributed by atoms with Gasteiger partial charge in [0.15, 0.2) is 0 Å². The fourth-order valence-electron chi connectivity index (χ4n) is 2.59. The van der Waals surface area contributed by atoms with Gasteiger partial charge in [0.05, 0.1) is 17.1 Å². The van der Waals surface area contributed by atoms with Gasteiger partial charge in [0, 0.05) is 10.8 Å². The van der Waals surface area contributed by atoms with Gasteiger partial charge in [-0.05, 0) is 18.1 Å². The Morgan fingerprint density at radius 3 is 1.85 bits per heavy atom. The number of fused-ring (bicyclic) bond motifs is 3. The van der Waals surface area contributed by atoms with Crippen LogP contribution in [0.2, 0.25) is 0 Å². The topological polar surface area (TPSA) is 48.0 Å². The van der Waals surface area contributed by atoms with Crippen LogP contribution in [0.4, 0.5) is 0 Å². The summed E-state index contributed by atoms with van der Waals surface area (Å²) in [7, 11) is 0. The predicted octanol–water partition coefficient (Wildman–Crippen LogP) is 3.42. The van der Waals surface area contributed by atoms with E-state index in [0.29, 0.717) is 0 Å². The van der Waals surface area contributed by atoms with Gasteiger partial charge in [0.2, 0.25) is 5.91 Å². The van der Waals surface area contributed by atoms with Crippen molar-refractivity contribution in [3.63, 3.8) is 0 Å². The second-order valence-electron chi connectivity index (χ2n) is 5.48. The minimum Gasteiger partial charge on any atom is -0.320 e. The van der Waals surface area contributed by atoms with Crippen molar-refractivity contribution in [2.24, 2.45) is 11.7 Å². The Labute approximate surface area is 118 Å².